The highest BCUT2D eigenvalue weighted by molar-refractivity contribution is 7.99. The highest BCUT2D eigenvalue weighted by Crippen LogP contribution is 2.53. The molecule has 2 aromatic carbocycles. The first kappa shape index (κ1) is 54.9. The smallest absolute Gasteiger partial charge is 0.333 e. The molecule has 71 heavy (non-hydrogen) atoms. The number of carboxylic acids is 1. The fraction of sp³-hybridized carbons (Fsp3) is 0.484. The Balaban J connectivity index is 1.30. The van der Waals surface area contributed by atoms with Gasteiger partial charge in [-0.05, 0) is 140 Å². The molecule has 0 saturated heterocycles. The van der Waals surface area contributed by atoms with Gasteiger partial charge in [0.05, 0.1) is 17.9 Å². The minimum atomic E-state index is -1.16. The molecule has 1 N–H and O–H groups in total. The van der Waals surface area contributed by atoms with Gasteiger partial charge in [-0.1, -0.05) is 161 Å². The second-order valence-electron chi connectivity index (χ2n) is 19.5. The molecule has 1 aliphatic rings. The lowest BCUT2D eigenvalue weighted by molar-refractivity contribution is -0.132. The van der Waals surface area contributed by atoms with Gasteiger partial charge in [0, 0.05) is 55.4 Å². The van der Waals surface area contributed by atoms with Gasteiger partial charge in [0.2, 0.25) is 0 Å². The Morgan fingerprint density at radius 3 is 1.49 bits per heavy atom. The topological polar surface area (TPSA) is 44.9 Å². The summed E-state index contributed by atoms with van der Waals surface area (Å²) in [5.74, 6) is -1.16. The Morgan fingerprint density at radius 1 is 0.521 bits per heavy atom. The molecule has 4 nitrogen and oxygen atoms in total. The molecule has 0 radical (unpaired) electrons. The summed E-state index contributed by atoms with van der Waals surface area (Å²) < 4.78 is 0. The largest absolute Gasteiger partial charge is 0.486 e. The van der Waals surface area contributed by atoms with Crippen molar-refractivity contribution in [2.45, 2.75) is 199 Å². The zero-order valence-corrected chi connectivity index (χ0v) is 47.5. The summed E-state index contributed by atoms with van der Waals surface area (Å²) in [5, 5.41) is 9.89. The molecule has 0 aliphatic carbocycles. The van der Waals surface area contributed by atoms with Crippen molar-refractivity contribution in [2.75, 3.05) is 11.4 Å². The van der Waals surface area contributed by atoms with E-state index in [9.17, 15) is 9.90 Å². The third-order valence-electron chi connectivity index (χ3n) is 13.9. The van der Waals surface area contributed by atoms with Crippen LogP contribution in [0.15, 0.2) is 82.2 Å². The molecule has 0 fully saturated rings. The Bertz CT molecular complexity index is 2700. The summed E-state index contributed by atoms with van der Waals surface area (Å²) >= 11 is 9.57. The fourth-order valence-corrected chi connectivity index (χ4v) is 16.2. The first-order chi connectivity index (χ1) is 34.8. The second-order valence-corrected chi connectivity index (χ2v) is 24.9. The molecular weight excluding hydrogens is 965 g/mol. The van der Waals surface area contributed by atoms with E-state index in [-0.39, 0.29) is 5.70 Å². The van der Waals surface area contributed by atoms with Crippen LogP contribution in [-0.2, 0) is 30.5 Å². The zero-order valence-electron chi connectivity index (χ0n) is 43.4. The van der Waals surface area contributed by atoms with Gasteiger partial charge >= 0.3 is 5.97 Å². The number of aliphatic carboxylic acids is 1. The third kappa shape index (κ3) is 14.7. The normalized spacial score (nSPS) is 12.4. The predicted molar refractivity (Wildman–Crippen MR) is 315 cm³/mol. The molecule has 9 heteroatoms. The van der Waals surface area contributed by atoms with E-state index in [0.717, 1.165) is 56.4 Å². The van der Waals surface area contributed by atoms with Crippen LogP contribution < -0.4 is 4.90 Å². The van der Waals surface area contributed by atoms with Crippen LogP contribution in [0.3, 0.4) is 0 Å². The fourth-order valence-electron chi connectivity index (χ4n) is 9.87. The molecule has 378 valence electrons. The van der Waals surface area contributed by atoms with Crippen LogP contribution in [0.4, 0.5) is 11.4 Å². The standard InChI is InChI=1S/C62H78N2O2S5/c1-7-12-17-22-29-44-39-56(68-54(44)43-49(63-6)62(65)66)59-47(31-24-19-14-9-3)41-58(70-59)61-48(32-25-20-15-10-4)42-57(71-61)60-46(30-23-18-13-8-2)40-53(69-60)45-35-36-51-55(38-45)67-52-34-27-26-33-50(52)64(51)37-28-21-16-11-5/h26-27,33-36,38-43H,7-25,28-32,37H2,1-5H3,(H,65,66)/b49-43-. The average molecular weight is 1040 g/mol. The van der Waals surface area contributed by atoms with Crippen molar-refractivity contribution in [1.82, 2.24) is 0 Å². The first-order valence-corrected chi connectivity index (χ1v) is 31.4. The van der Waals surface area contributed by atoms with E-state index in [1.807, 2.05) is 45.8 Å². The van der Waals surface area contributed by atoms with E-state index in [0.29, 0.717) is 0 Å². The number of anilines is 2. The van der Waals surface area contributed by atoms with E-state index in [1.54, 1.807) is 17.4 Å². The summed E-state index contributed by atoms with van der Waals surface area (Å²) in [6.45, 7) is 20.1. The number of rotatable bonds is 31. The van der Waals surface area contributed by atoms with Gasteiger partial charge in [-0.15, -0.1) is 45.3 Å². The second kappa shape index (κ2) is 28.5. The monoisotopic (exact) mass is 1040 g/mol. The van der Waals surface area contributed by atoms with E-state index in [4.69, 9.17) is 6.57 Å². The number of hydrogen-bond donors (Lipinski definition) is 1. The van der Waals surface area contributed by atoms with Crippen LogP contribution in [-0.4, -0.2) is 17.6 Å². The Hall–Kier alpha value is -3.91. The zero-order chi connectivity index (χ0) is 50.0. The van der Waals surface area contributed by atoms with Crippen molar-refractivity contribution >= 4 is 80.5 Å². The van der Waals surface area contributed by atoms with Gasteiger partial charge in [0.25, 0.3) is 5.70 Å². The number of fused-ring (bicyclic) bond motifs is 2. The number of para-hydroxylation sites is 1. The van der Waals surface area contributed by atoms with Crippen LogP contribution >= 0.6 is 57.1 Å². The van der Waals surface area contributed by atoms with E-state index in [1.165, 1.54) is 192 Å². The van der Waals surface area contributed by atoms with E-state index < -0.39 is 5.97 Å². The number of carboxylic acid groups (broad SMARTS) is 1. The summed E-state index contributed by atoms with van der Waals surface area (Å²) in [5.41, 5.74) is 9.35. The molecule has 4 aromatic heterocycles. The Morgan fingerprint density at radius 2 is 0.972 bits per heavy atom. The van der Waals surface area contributed by atoms with Crippen molar-refractivity contribution < 1.29 is 9.90 Å². The molecule has 6 aromatic rings. The molecule has 1 aliphatic heterocycles. The summed E-state index contributed by atoms with van der Waals surface area (Å²) in [6, 6.07) is 26.2. The number of benzene rings is 2. The van der Waals surface area contributed by atoms with Crippen LogP contribution in [0.1, 0.15) is 190 Å². The first-order valence-electron chi connectivity index (χ1n) is 27.3. The number of hydrogen-bond acceptors (Lipinski definition) is 7. The number of thiophene rings is 4. The molecule has 0 unspecified atom stereocenters. The van der Waals surface area contributed by atoms with Gasteiger partial charge in [-0.25, -0.2) is 4.85 Å². The summed E-state index contributed by atoms with van der Waals surface area (Å²) in [6.07, 6.45) is 30.1. The molecule has 0 amide bonds. The van der Waals surface area contributed by atoms with Crippen LogP contribution in [0, 0.1) is 6.57 Å². The molecule has 0 bridgehead atoms. The highest BCUT2D eigenvalue weighted by Gasteiger charge is 2.26. The average Bonchev–Trinajstić information content (AvgIpc) is 4.20. The summed E-state index contributed by atoms with van der Waals surface area (Å²) in [7, 11) is 0. The molecule has 0 atom stereocenters. The van der Waals surface area contributed by atoms with Gasteiger partial charge in [-0.2, -0.15) is 0 Å². The van der Waals surface area contributed by atoms with E-state index in [2.05, 4.69) is 111 Å². The summed E-state index contributed by atoms with van der Waals surface area (Å²) in [4.78, 5) is 31.3. The maximum Gasteiger partial charge on any atom is 0.333 e. The maximum atomic E-state index is 12.1. The minimum Gasteiger partial charge on any atom is -0.486 e. The van der Waals surface area contributed by atoms with Crippen LogP contribution in [0.5, 0.6) is 0 Å². The Labute approximate surface area is 447 Å². The van der Waals surface area contributed by atoms with Gasteiger partial charge in [0.15, 0.2) is 0 Å². The number of aryl methyl sites for hydroxylation is 4. The predicted octanol–water partition coefficient (Wildman–Crippen LogP) is 21.6. The van der Waals surface area contributed by atoms with Crippen LogP contribution in [0.25, 0.3) is 50.6 Å². The molecular formula is C62H78N2O2S5. The van der Waals surface area contributed by atoms with Crippen LogP contribution in [0.2, 0.25) is 0 Å². The van der Waals surface area contributed by atoms with Crippen molar-refractivity contribution in [3.05, 3.63) is 111 Å². The van der Waals surface area contributed by atoms with E-state index >= 15 is 0 Å². The van der Waals surface area contributed by atoms with Crippen molar-refractivity contribution in [1.29, 1.82) is 0 Å². The Kier molecular flexibility index (Phi) is 22.0. The van der Waals surface area contributed by atoms with Crippen molar-refractivity contribution in [3.63, 3.8) is 0 Å². The lowest BCUT2D eigenvalue weighted by Crippen LogP contribution is -2.21. The van der Waals surface area contributed by atoms with Gasteiger partial charge < -0.3 is 10.0 Å². The van der Waals surface area contributed by atoms with Crippen molar-refractivity contribution in [2.24, 2.45) is 0 Å². The number of carbonyl (C=O) groups is 1. The quantitative estimate of drug-likeness (QED) is 0.0268. The molecule has 5 heterocycles. The maximum absolute atomic E-state index is 12.1. The van der Waals surface area contributed by atoms with Gasteiger partial charge in [0.1, 0.15) is 0 Å². The lowest BCUT2D eigenvalue weighted by Gasteiger charge is -2.33. The van der Waals surface area contributed by atoms with Gasteiger partial charge in [-0.3, -0.25) is 4.79 Å². The number of nitrogens with zero attached hydrogens (tertiary/aromatic N) is 2. The molecule has 0 spiro atoms. The molecule has 0 saturated carbocycles. The minimum absolute atomic E-state index is 0.212. The number of unbranched alkanes of at least 4 members (excludes halogenated alkanes) is 15. The molecule has 7 rings (SSSR count). The lowest BCUT2D eigenvalue weighted by atomic mass is 10.0. The SMILES string of the molecule is [C-]#[N+]/C(=C\c1sc(-c2sc(-c3sc(-c4sc(-c5ccc6c(c5)Sc5ccccc5N6CCCCCC)cc4CCCCCC)cc3CCCCCC)cc2CCCCCC)cc1CCCCCC)C(=O)O. The third-order valence-corrected chi connectivity index (χ3v) is 20.2. The van der Waals surface area contributed by atoms with Crippen molar-refractivity contribution in [3.8, 4) is 39.7 Å². The highest BCUT2D eigenvalue weighted by atomic mass is 32.2.